The van der Waals surface area contributed by atoms with E-state index in [1.165, 1.54) is 0 Å². The lowest BCUT2D eigenvalue weighted by Crippen LogP contribution is -2.42. The summed E-state index contributed by atoms with van der Waals surface area (Å²) >= 11 is 0. The van der Waals surface area contributed by atoms with Gasteiger partial charge in [0.15, 0.2) is 0 Å². The van der Waals surface area contributed by atoms with E-state index in [1.807, 2.05) is 0 Å². The van der Waals surface area contributed by atoms with Gasteiger partial charge in [-0.3, -0.25) is 9.78 Å². The molecule has 78 valence electrons. The molecule has 0 aliphatic heterocycles. The third-order valence-electron chi connectivity index (χ3n) is 2.04. The Labute approximate surface area is 89.9 Å². The van der Waals surface area contributed by atoms with Gasteiger partial charge in [-0.2, -0.15) is 0 Å². The maximum Gasteiger partial charge on any atom is 0.254 e. The summed E-state index contributed by atoms with van der Waals surface area (Å²) < 4.78 is 0. The third-order valence-corrected chi connectivity index (χ3v) is 2.04. The molecule has 0 fully saturated rings. The van der Waals surface area contributed by atoms with E-state index >= 15 is 0 Å². The van der Waals surface area contributed by atoms with E-state index in [0.717, 1.165) is 0 Å². The first-order valence-corrected chi connectivity index (χ1v) is 4.68. The van der Waals surface area contributed by atoms with Crippen LogP contribution in [0, 0.1) is 19.3 Å². The van der Waals surface area contributed by atoms with Crippen LogP contribution >= 0.6 is 0 Å². The highest BCUT2D eigenvalue weighted by molar-refractivity contribution is 5.95. The molecule has 1 rings (SSSR count). The lowest BCUT2D eigenvalue weighted by atomic mass is 10.1. The van der Waals surface area contributed by atoms with Crippen LogP contribution in [0.25, 0.3) is 0 Å². The van der Waals surface area contributed by atoms with Crippen molar-refractivity contribution in [2.75, 3.05) is 0 Å². The molecule has 1 aromatic rings. The molecule has 1 N–H and O–H groups in total. The molecule has 0 radical (unpaired) electrons. The fraction of sp³-hybridized carbons (Fsp3) is 0.333. The van der Waals surface area contributed by atoms with Crippen LogP contribution in [0.5, 0.6) is 0 Å². The van der Waals surface area contributed by atoms with Gasteiger partial charge >= 0.3 is 0 Å². The summed E-state index contributed by atoms with van der Waals surface area (Å²) in [4.78, 5) is 15.8. The summed E-state index contributed by atoms with van der Waals surface area (Å²) in [5.41, 5.74) is 0.614. The van der Waals surface area contributed by atoms with Crippen molar-refractivity contribution in [1.82, 2.24) is 10.3 Å². The predicted octanol–water partition coefficient (Wildman–Crippen LogP) is 1.53. The van der Waals surface area contributed by atoms with Crippen LogP contribution in [0.1, 0.15) is 29.9 Å². The zero-order chi connectivity index (χ0) is 11.5. The second kappa shape index (κ2) is 4.14. The Bertz CT molecular complexity index is 416. The fourth-order valence-electron chi connectivity index (χ4n) is 1.11. The number of hydrogen-bond donors (Lipinski definition) is 1. The van der Waals surface area contributed by atoms with Crippen molar-refractivity contribution in [2.24, 2.45) is 0 Å². The highest BCUT2D eigenvalue weighted by Gasteiger charge is 2.19. The molecule has 3 nitrogen and oxygen atoms in total. The number of carbonyl (C=O) groups is 1. The normalized spacial score (nSPS) is 10.5. The molecule has 1 heterocycles. The van der Waals surface area contributed by atoms with Crippen molar-refractivity contribution >= 4 is 5.91 Å². The average molecular weight is 202 g/mol. The molecule has 1 amide bonds. The first-order valence-electron chi connectivity index (χ1n) is 4.68. The Balaban J connectivity index is 2.89. The Kier molecular flexibility index (Phi) is 3.11. The summed E-state index contributed by atoms with van der Waals surface area (Å²) in [6.07, 6.45) is 6.94. The summed E-state index contributed by atoms with van der Waals surface area (Å²) in [6, 6.07) is 3.45. The van der Waals surface area contributed by atoms with E-state index in [0.29, 0.717) is 11.3 Å². The van der Waals surface area contributed by atoms with Gasteiger partial charge in [0.2, 0.25) is 0 Å². The minimum Gasteiger partial charge on any atom is -0.336 e. The smallest absolute Gasteiger partial charge is 0.254 e. The number of carbonyl (C=O) groups excluding carboxylic acids is 1. The zero-order valence-electron chi connectivity index (χ0n) is 9.16. The van der Waals surface area contributed by atoms with Gasteiger partial charge in [-0.25, -0.2) is 0 Å². The molecule has 0 aliphatic carbocycles. The summed E-state index contributed by atoms with van der Waals surface area (Å²) in [5.74, 6) is 2.32. The quantitative estimate of drug-likeness (QED) is 0.739. The van der Waals surface area contributed by atoms with Crippen molar-refractivity contribution < 1.29 is 4.79 Å². The molecule has 0 atom stereocenters. The number of pyridine rings is 1. The highest BCUT2D eigenvalue weighted by Crippen LogP contribution is 2.06. The number of aromatic nitrogens is 1. The molecular weight excluding hydrogens is 188 g/mol. The number of nitrogens with zero attached hydrogens (tertiary/aromatic N) is 1. The Hall–Kier alpha value is -1.82. The molecule has 0 aliphatic rings. The van der Waals surface area contributed by atoms with Crippen LogP contribution < -0.4 is 5.32 Å². The zero-order valence-corrected chi connectivity index (χ0v) is 9.16. The van der Waals surface area contributed by atoms with Crippen LogP contribution in [-0.4, -0.2) is 16.4 Å². The van der Waals surface area contributed by atoms with Crippen LogP contribution in [0.4, 0.5) is 0 Å². The largest absolute Gasteiger partial charge is 0.336 e. The number of rotatable bonds is 2. The predicted molar refractivity (Wildman–Crippen MR) is 59.4 cm³/mol. The van der Waals surface area contributed by atoms with E-state index in [-0.39, 0.29) is 5.91 Å². The fourth-order valence-corrected chi connectivity index (χ4v) is 1.11. The minimum atomic E-state index is -0.640. The molecule has 0 saturated heterocycles. The van der Waals surface area contributed by atoms with E-state index in [1.54, 1.807) is 39.1 Å². The summed E-state index contributed by atoms with van der Waals surface area (Å²) in [5, 5.41) is 2.75. The molecule has 3 heteroatoms. The van der Waals surface area contributed by atoms with Gasteiger partial charge in [0.25, 0.3) is 5.91 Å². The second-order valence-electron chi connectivity index (χ2n) is 3.86. The Morgan fingerprint density at radius 2 is 2.27 bits per heavy atom. The molecule has 0 unspecified atom stereocenters. The minimum absolute atomic E-state index is 0.191. The lowest BCUT2D eigenvalue weighted by molar-refractivity contribution is 0.0929. The van der Waals surface area contributed by atoms with Crippen LogP contribution in [0.15, 0.2) is 18.3 Å². The molecule has 0 spiro atoms. The Morgan fingerprint density at radius 1 is 1.60 bits per heavy atom. The first kappa shape index (κ1) is 11.3. The average Bonchev–Trinajstić information content (AvgIpc) is 2.17. The topological polar surface area (TPSA) is 42.0 Å². The number of terminal acetylenes is 1. The number of amides is 1. The van der Waals surface area contributed by atoms with E-state index in [9.17, 15) is 4.79 Å². The van der Waals surface area contributed by atoms with E-state index in [2.05, 4.69) is 16.2 Å². The molecule has 0 bridgehead atoms. The van der Waals surface area contributed by atoms with Crippen molar-refractivity contribution in [1.29, 1.82) is 0 Å². The van der Waals surface area contributed by atoms with Crippen LogP contribution in [0.3, 0.4) is 0 Å². The van der Waals surface area contributed by atoms with Crippen LogP contribution in [-0.2, 0) is 0 Å². The molecular formula is C12H14N2O. The number of aryl methyl sites for hydroxylation is 1. The lowest BCUT2D eigenvalue weighted by Gasteiger charge is -2.19. The van der Waals surface area contributed by atoms with Gasteiger partial charge < -0.3 is 5.32 Å². The molecule has 0 aromatic carbocycles. The Morgan fingerprint density at radius 3 is 2.80 bits per heavy atom. The van der Waals surface area contributed by atoms with E-state index in [4.69, 9.17) is 6.42 Å². The highest BCUT2D eigenvalue weighted by atomic mass is 16.1. The van der Waals surface area contributed by atoms with Gasteiger partial charge in [-0.1, -0.05) is 5.92 Å². The summed E-state index contributed by atoms with van der Waals surface area (Å²) in [6.45, 7) is 5.34. The van der Waals surface area contributed by atoms with Gasteiger partial charge in [-0.15, -0.1) is 6.42 Å². The maximum atomic E-state index is 11.8. The van der Waals surface area contributed by atoms with Crippen LogP contribution in [0.2, 0.25) is 0 Å². The SMILES string of the molecule is C#CC(C)(C)NC(=O)c1cccnc1C. The van der Waals surface area contributed by atoms with Gasteiger partial charge in [-0.05, 0) is 32.9 Å². The van der Waals surface area contributed by atoms with Gasteiger partial charge in [0.1, 0.15) is 0 Å². The van der Waals surface area contributed by atoms with Crippen molar-refractivity contribution in [3.8, 4) is 12.3 Å². The molecule has 1 aromatic heterocycles. The van der Waals surface area contributed by atoms with Gasteiger partial charge in [0, 0.05) is 11.9 Å². The van der Waals surface area contributed by atoms with Crippen molar-refractivity contribution in [2.45, 2.75) is 26.3 Å². The molecule has 15 heavy (non-hydrogen) atoms. The standard InChI is InChI=1S/C12H14N2O/c1-5-12(3,4)14-11(15)10-7-6-8-13-9(10)2/h1,6-8H,2-4H3,(H,14,15). The second-order valence-corrected chi connectivity index (χ2v) is 3.86. The van der Waals surface area contributed by atoms with Crippen molar-refractivity contribution in [3.63, 3.8) is 0 Å². The summed E-state index contributed by atoms with van der Waals surface area (Å²) in [7, 11) is 0. The van der Waals surface area contributed by atoms with Gasteiger partial charge in [0.05, 0.1) is 11.1 Å². The first-order chi connectivity index (χ1) is 6.96. The number of hydrogen-bond acceptors (Lipinski definition) is 2. The maximum absolute atomic E-state index is 11.8. The van der Waals surface area contributed by atoms with E-state index < -0.39 is 5.54 Å². The van der Waals surface area contributed by atoms with Crippen molar-refractivity contribution in [3.05, 3.63) is 29.6 Å². The third kappa shape index (κ3) is 2.81. The monoisotopic (exact) mass is 202 g/mol. The number of nitrogens with one attached hydrogen (secondary N) is 1. The molecule has 0 saturated carbocycles.